The average molecular weight is 239 g/mol. The SMILES string of the molecule is CN1CCN(c2ccc(C=O)cc2Cl)CC1. The van der Waals surface area contributed by atoms with Crippen molar-refractivity contribution < 1.29 is 4.79 Å². The van der Waals surface area contributed by atoms with Crippen LogP contribution in [0.5, 0.6) is 0 Å². The van der Waals surface area contributed by atoms with Crippen molar-refractivity contribution in [1.29, 1.82) is 0 Å². The number of anilines is 1. The highest BCUT2D eigenvalue weighted by Crippen LogP contribution is 2.27. The molecule has 0 atom stereocenters. The predicted octanol–water partition coefficient (Wildman–Crippen LogP) is 1.90. The Morgan fingerprint density at radius 1 is 1.25 bits per heavy atom. The van der Waals surface area contributed by atoms with Crippen molar-refractivity contribution in [3.05, 3.63) is 28.8 Å². The monoisotopic (exact) mass is 238 g/mol. The summed E-state index contributed by atoms with van der Waals surface area (Å²) in [6.45, 7) is 4.06. The van der Waals surface area contributed by atoms with Crippen LogP contribution in [0.1, 0.15) is 10.4 Å². The van der Waals surface area contributed by atoms with Crippen molar-refractivity contribution in [1.82, 2.24) is 4.90 Å². The van der Waals surface area contributed by atoms with Crippen LogP contribution in [0.4, 0.5) is 5.69 Å². The molecule has 1 heterocycles. The Hall–Kier alpha value is -1.06. The van der Waals surface area contributed by atoms with Crippen molar-refractivity contribution in [3.8, 4) is 0 Å². The van der Waals surface area contributed by atoms with Gasteiger partial charge in [0.2, 0.25) is 0 Å². The lowest BCUT2D eigenvalue weighted by atomic mass is 10.2. The third-order valence-corrected chi connectivity index (χ3v) is 3.25. The van der Waals surface area contributed by atoms with E-state index >= 15 is 0 Å². The van der Waals surface area contributed by atoms with Gasteiger partial charge in [0.1, 0.15) is 6.29 Å². The third-order valence-electron chi connectivity index (χ3n) is 2.95. The third kappa shape index (κ3) is 2.36. The number of piperazine rings is 1. The highest BCUT2D eigenvalue weighted by Gasteiger charge is 2.16. The molecule has 86 valence electrons. The molecule has 1 aromatic carbocycles. The topological polar surface area (TPSA) is 23.6 Å². The van der Waals surface area contributed by atoms with Gasteiger partial charge in [-0.3, -0.25) is 4.79 Å². The molecule has 1 aromatic rings. The van der Waals surface area contributed by atoms with Crippen LogP contribution < -0.4 is 4.90 Å². The Labute approximate surface area is 101 Å². The average Bonchev–Trinajstić information content (AvgIpc) is 2.30. The second-order valence-corrected chi connectivity index (χ2v) is 4.53. The van der Waals surface area contributed by atoms with Gasteiger partial charge in [0.05, 0.1) is 10.7 Å². The van der Waals surface area contributed by atoms with Crippen molar-refractivity contribution in [3.63, 3.8) is 0 Å². The van der Waals surface area contributed by atoms with E-state index in [9.17, 15) is 4.79 Å². The molecule has 1 fully saturated rings. The summed E-state index contributed by atoms with van der Waals surface area (Å²) in [4.78, 5) is 15.2. The maximum Gasteiger partial charge on any atom is 0.150 e. The van der Waals surface area contributed by atoms with Crippen LogP contribution >= 0.6 is 11.6 Å². The summed E-state index contributed by atoms with van der Waals surface area (Å²) < 4.78 is 0. The van der Waals surface area contributed by atoms with Gasteiger partial charge < -0.3 is 9.80 Å². The first-order valence-electron chi connectivity index (χ1n) is 5.39. The van der Waals surface area contributed by atoms with E-state index < -0.39 is 0 Å². The summed E-state index contributed by atoms with van der Waals surface area (Å²) in [7, 11) is 2.12. The molecule has 0 aromatic heterocycles. The number of aldehydes is 1. The molecule has 1 aliphatic rings. The summed E-state index contributed by atoms with van der Waals surface area (Å²) in [5.41, 5.74) is 1.66. The molecule has 0 spiro atoms. The first-order valence-corrected chi connectivity index (χ1v) is 5.77. The number of nitrogens with zero attached hydrogens (tertiary/aromatic N) is 2. The fourth-order valence-corrected chi connectivity index (χ4v) is 2.21. The molecule has 16 heavy (non-hydrogen) atoms. The van der Waals surface area contributed by atoms with Crippen LogP contribution in [0.3, 0.4) is 0 Å². The second kappa shape index (κ2) is 4.85. The van der Waals surface area contributed by atoms with Gasteiger partial charge in [0.25, 0.3) is 0 Å². The normalized spacial score (nSPS) is 17.5. The number of hydrogen-bond donors (Lipinski definition) is 0. The quantitative estimate of drug-likeness (QED) is 0.736. The summed E-state index contributed by atoms with van der Waals surface area (Å²) in [5, 5.41) is 0.661. The largest absolute Gasteiger partial charge is 0.368 e. The molecule has 0 unspecified atom stereocenters. The van der Waals surface area contributed by atoms with E-state index in [0.717, 1.165) is 38.2 Å². The van der Waals surface area contributed by atoms with Gasteiger partial charge in [0.15, 0.2) is 0 Å². The standard InChI is InChI=1S/C12H15ClN2O/c1-14-4-6-15(7-5-14)12-3-2-10(9-16)8-11(12)13/h2-3,8-9H,4-7H2,1H3. The molecule has 0 aliphatic carbocycles. The maximum atomic E-state index is 10.6. The van der Waals surface area contributed by atoms with E-state index in [1.807, 2.05) is 12.1 Å². The molecule has 1 aliphatic heterocycles. The fourth-order valence-electron chi connectivity index (χ4n) is 1.90. The minimum atomic E-state index is 0.628. The van der Waals surface area contributed by atoms with E-state index in [-0.39, 0.29) is 0 Å². The number of halogens is 1. The summed E-state index contributed by atoms with van der Waals surface area (Å²) in [5.74, 6) is 0. The van der Waals surface area contributed by atoms with Gasteiger partial charge in [-0.1, -0.05) is 11.6 Å². The zero-order valence-corrected chi connectivity index (χ0v) is 10.1. The maximum absolute atomic E-state index is 10.6. The highest BCUT2D eigenvalue weighted by molar-refractivity contribution is 6.33. The molecule has 0 bridgehead atoms. The molecule has 0 N–H and O–H groups in total. The minimum absolute atomic E-state index is 0.628. The van der Waals surface area contributed by atoms with Crippen molar-refractivity contribution in [2.24, 2.45) is 0 Å². The molecular formula is C12H15ClN2O. The zero-order chi connectivity index (χ0) is 11.5. The number of carbonyl (C=O) groups is 1. The first-order chi connectivity index (χ1) is 7.70. The second-order valence-electron chi connectivity index (χ2n) is 4.12. The first kappa shape index (κ1) is 11.4. The fraction of sp³-hybridized carbons (Fsp3) is 0.417. The van der Waals surface area contributed by atoms with Crippen LogP contribution in [0.25, 0.3) is 0 Å². The lowest BCUT2D eigenvalue weighted by Gasteiger charge is -2.34. The molecule has 0 saturated carbocycles. The van der Waals surface area contributed by atoms with Gasteiger partial charge in [0, 0.05) is 31.7 Å². The molecule has 0 amide bonds. The smallest absolute Gasteiger partial charge is 0.150 e. The van der Waals surface area contributed by atoms with Crippen LogP contribution in [0.15, 0.2) is 18.2 Å². The Morgan fingerprint density at radius 3 is 2.50 bits per heavy atom. The lowest BCUT2D eigenvalue weighted by Crippen LogP contribution is -2.44. The number of hydrogen-bond acceptors (Lipinski definition) is 3. The molecule has 0 radical (unpaired) electrons. The van der Waals surface area contributed by atoms with E-state index in [1.165, 1.54) is 0 Å². The Morgan fingerprint density at radius 2 is 1.94 bits per heavy atom. The van der Waals surface area contributed by atoms with E-state index in [1.54, 1.807) is 6.07 Å². The molecule has 3 nitrogen and oxygen atoms in total. The Bertz CT molecular complexity index is 387. The lowest BCUT2D eigenvalue weighted by molar-refractivity contribution is 0.112. The molecular weight excluding hydrogens is 224 g/mol. The van der Waals surface area contributed by atoms with Crippen LogP contribution in [-0.4, -0.2) is 44.4 Å². The Kier molecular flexibility index (Phi) is 3.46. The molecule has 1 saturated heterocycles. The van der Waals surface area contributed by atoms with Crippen LogP contribution in [-0.2, 0) is 0 Å². The van der Waals surface area contributed by atoms with Crippen molar-refractivity contribution in [2.75, 3.05) is 38.1 Å². The predicted molar refractivity (Wildman–Crippen MR) is 66.5 cm³/mol. The highest BCUT2D eigenvalue weighted by atomic mass is 35.5. The van der Waals surface area contributed by atoms with Crippen LogP contribution in [0.2, 0.25) is 5.02 Å². The minimum Gasteiger partial charge on any atom is -0.368 e. The number of likely N-dealkylation sites (N-methyl/N-ethyl adjacent to an activating group) is 1. The van der Waals surface area contributed by atoms with Gasteiger partial charge in [-0.05, 0) is 25.2 Å². The van der Waals surface area contributed by atoms with Crippen LogP contribution in [0, 0.1) is 0 Å². The summed E-state index contributed by atoms with van der Waals surface area (Å²) in [6.07, 6.45) is 0.819. The number of rotatable bonds is 2. The molecule has 4 heteroatoms. The Balaban J connectivity index is 2.17. The van der Waals surface area contributed by atoms with Crippen molar-refractivity contribution >= 4 is 23.6 Å². The van der Waals surface area contributed by atoms with E-state index in [0.29, 0.717) is 10.6 Å². The van der Waals surface area contributed by atoms with Gasteiger partial charge in [-0.25, -0.2) is 0 Å². The van der Waals surface area contributed by atoms with Gasteiger partial charge >= 0.3 is 0 Å². The van der Waals surface area contributed by atoms with Crippen molar-refractivity contribution in [2.45, 2.75) is 0 Å². The summed E-state index contributed by atoms with van der Waals surface area (Å²) in [6, 6.07) is 5.46. The van der Waals surface area contributed by atoms with Gasteiger partial charge in [-0.15, -0.1) is 0 Å². The van der Waals surface area contributed by atoms with E-state index in [2.05, 4.69) is 16.8 Å². The van der Waals surface area contributed by atoms with E-state index in [4.69, 9.17) is 11.6 Å². The van der Waals surface area contributed by atoms with Gasteiger partial charge in [-0.2, -0.15) is 0 Å². The zero-order valence-electron chi connectivity index (χ0n) is 9.32. The number of carbonyl (C=O) groups excluding carboxylic acids is 1. The molecule has 2 rings (SSSR count). The summed E-state index contributed by atoms with van der Waals surface area (Å²) >= 11 is 6.16. The number of benzene rings is 1.